The van der Waals surface area contributed by atoms with E-state index in [0.717, 1.165) is 0 Å². The zero-order valence-corrected chi connectivity index (χ0v) is 17.6. The van der Waals surface area contributed by atoms with Crippen molar-refractivity contribution in [1.82, 2.24) is 15.1 Å². The molecule has 1 aliphatic rings. The Bertz CT molecular complexity index is 525. The summed E-state index contributed by atoms with van der Waals surface area (Å²) in [6.45, 7) is 6.23. The molecule has 162 valence electrons. The highest BCUT2D eigenvalue weighted by Gasteiger charge is 2.42. The number of aliphatic hydroxyl groups excluding tert-OH is 1. The van der Waals surface area contributed by atoms with Gasteiger partial charge in [-0.15, -0.1) is 0 Å². The maximum absolute atomic E-state index is 12.1. The topological polar surface area (TPSA) is 118 Å². The monoisotopic (exact) mass is 403 g/mol. The largest absolute Gasteiger partial charge is 0.468 e. The van der Waals surface area contributed by atoms with Gasteiger partial charge in [-0.2, -0.15) is 0 Å². The van der Waals surface area contributed by atoms with E-state index in [4.69, 9.17) is 14.2 Å². The molecule has 1 heterocycles. The van der Waals surface area contributed by atoms with Crippen molar-refractivity contribution in [3.63, 3.8) is 0 Å². The third-order valence-corrected chi connectivity index (χ3v) is 5.25. The van der Waals surface area contributed by atoms with Crippen molar-refractivity contribution in [3.05, 3.63) is 0 Å². The molecule has 10 nitrogen and oxygen atoms in total. The summed E-state index contributed by atoms with van der Waals surface area (Å²) in [5.41, 5.74) is -0.978. The molecule has 28 heavy (non-hydrogen) atoms. The number of nitrogens with one attached hydrogen (secondary N) is 1. The van der Waals surface area contributed by atoms with Gasteiger partial charge in [-0.3, -0.25) is 29.5 Å². The summed E-state index contributed by atoms with van der Waals surface area (Å²) >= 11 is 0. The molecule has 0 aromatic carbocycles. The highest BCUT2D eigenvalue weighted by atomic mass is 16.5. The minimum Gasteiger partial charge on any atom is -0.468 e. The summed E-state index contributed by atoms with van der Waals surface area (Å²) in [5.74, 6) is -1.28. The summed E-state index contributed by atoms with van der Waals surface area (Å²) in [4.78, 5) is 39.8. The van der Waals surface area contributed by atoms with Gasteiger partial charge < -0.3 is 19.3 Å². The number of ether oxygens (including phenoxy) is 3. The number of hydrogen-bond donors (Lipinski definition) is 2. The number of aliphatic hydroxyl groups is 1. The van der Waals surface area contributed by atoms with Gasteiger partial charge in [0.15, 0.2) is 0 Å². The second-order valence-corrected chi connectivity index (χ2v) is 7.17. The smallest absolute Gasteiger partial charge is 0.322 e. The molecule has 0 saturated carbocycles. The third-order valence-electron chi connectivity index (χ3n) is 5.25. The van der Waals surface area contributed by atoms with Crippen LogP contribution in [0.2, 0.25) is 0 Å². The zero-order chi connectivity index (χ0) is 21.5. The van der Waals surface area contributed by atoms with Crippen LogP contribution in [0.15, 0.2) is 0 Å². The fraction of sp³-hybridized carbons (Fsp3) is 0.833. The van der Waals surface area contributed by atoms with Crippen LogP contribution in [0.5, 0.6) is 0 Å². The van der Waals surface area contributed by atoms with E-state index in [9.17, 15) is 19.5 Å². The van der Waals surface area contributed by atoms with Crippen molar-refractivity contribution in [2.75, 3.05) is 54.1 Å². The fourth-order valence-corrected chi connectivity index (χ4v) is 3.47. The summed E-state index contributed by atoms with van der Waals surface area (Å²) in [7, 11) is 3.93. The quantitative estimate of drug-likeness (QED) is 0.370. The Morgan fingerprint density at radius 1 is 0.893 bits per heavy atom. The van der Waals surface area contributed by atoms with Gasteiger partial charge in [0, 0.05) is 26.2 Å². The molecule has 2 unspecified atom stereocenters. The van der Waals surface area contributed by atoms with Gasteiger partial charge in [0.25, 0.3) is 0 Å². The van der Waals surface area contributed by atoms with Crippen molar-refractivity contribution in [2.45, 2.75) is 44.4 Å². The number of esters is 3. The molecule has 0 aromatic heterocycles. The van der Waals surface area contributed by atoms with E-state index < -0.39 is 41.6 Å². The van der Waals surface area contributed by atoms with Crippen molar-refractivity contribution in [3.8, 4) is 0 Å². The van der Waals surface area contributed by atoms with E-state index in [0.29, 0.717) is 13.1 Å². The van der Waals surface area contributed by atoms with E-state index in [1.807, 2.05) is 9.80 Å². The van der Waals surface area contributed by atoms with Gasteiger partial charge in [-0.25, -0.2) is 0 Å². The standard InChI is InChI=1S/C18H33N3O7/c1-12(15(23)26-4)19-18(11-22)9-20(13(2)16(24)27-5)7-8-21(10-18)14(3)17(25)28-6/h12-14,19,22H,7-11H2,1-6H3/t12-,13-,14?,18?/m1/s1. The van der Waals surface area contributed by atoms with E-state index >= 15 is 0 Å². The van der Waals surface area contributed by atoms with Gasteiger partial charge in [-0.1, -0.05) is 0 Å². The van der Waals surface area contributed by atoms with E-state index in [1.54, 1.807) is 20.8 Å². The first kappa shape index (κ1) is 24.3. The van der Waals surface area contributed by atoms with Gasteiger partial charge in [0.05, 0.1) is 33.5 Å². The lowest BCUT2D eigenvalue weighted by molar-refractivity contribution is -0.147. The molecule has 0 amide bonds. The number of nitrogens with zero attached hydrogens (tertiary/aromatic N) is 2. The lowest BCUT2D eigenvalue weighted by Gasteiger charge is -2.40. The summed E-state index contributed by atoms with van der Waals surface area (Å²) in [6, 6.07) is -1.81. The molecule has 0 radical (unpaired) electrons. The van der Waals surface area contributed by atoms with Crippen LogP contribution in [-0.4, -0.2) is 111 Å². The maximum atomic E-state index is 12.1. The van der Waals surface area contributed by atoms with Gasteiger partial charge >= 0.3 is 17.9 Å². The molecule has 1 rings (SSSR count). The van der Waals surface area contributed by atoms with Gasteiger partial charge in [0.2, 0.25) is 0 Å². The Kier molecular flexibility index (Phi) is 9.28. The van der Waals surface area contributed by atoms with Crippen LogP contribution in [0, 0.1) is 0 Å². The second-order valence-electron chi connectivity index (χ2n) is 7.17. The van der Waals surface area contributed by atoms with E-state index in [-0.39, 0.29) is 19.7 Å². The van der Waals surface area contributed by atoms with Crippen molar-refractivity contribution in [1.29, 1.82) is 0 Å². The molecule has 1 aliphatic heterocycles. The molecule has 0 aliphatic carbocycles. The van der Waals surface area contributed by atoms with Crippen LogP contribution in [-0.2, 0) is 28.6 Å². The number of methoxy groups -OCH3 is 3. The highest BCUT2D eigenvalue weighted by molar-refractivity contribution is 5.76. The first-order valence-electron chi connectivity index (χ1n) is 9.24. The molecule has 0 bridgehead atoms. The SMILES string of the molecule is COC(=O)C(C)N1CCN([C@H](C)C(=O)OC)CC(CO)(N[C@H](C)C(=O)OC)C1. The third kappa shape index (κ3) is 5.87. The van der Waals surface area contributed by atoms with Crippen molar-refractivity contribution >= 4 is 17.9 Å². The predicted octanol–water partition coefficient (Wildman–Crippen LogP) is -1.39. The number of hydrogen-bond acceptors (Lipinski definition) is 10. The van der Waals surface area contributed by atoms with Crippen molar-refractivity contribution in [2.24, 2.45) is 0 Å². The number of carbonyl (C=O) groups excluding carboxylic acids is 3. The zero-order valence-electron chi connectivity index (χ0n) is 17.6. The average Bonchev–Trinajstić information content (AvgIpc) is 2.90. The van der Waals surface area contributed by atoms with Crippen LogP contribution < -0.4 is 5.32 Å². The predicted molar refractivity (Wildman–Crippen MR) is 101 cm³/mol. The lowest BCUT2D eigenvalue weighted by atomic mass is 9.96. The van der Waals surface area contributed by atoms with E-state index in [2.05, 4.69) is 5.32 Å². The number of carbonyl (C=O) groups is 3. The molecule has 1 saturated heterocycles. The average molecular weight is 403 g/mol. The van der Waals surface area contributed by atoms with Gasteiger partial charge in [-0.05, 0) is 20.8 Å². The highest BCUT2D eigenvalue weighted by Crippen LogP contribution is 2.20. The molecule has 10 heteroatoms. The first-order valence-corrected chi connectivity index (χ1v) is 9.24. The van der Waals surface area contributed by atoms with Crippen LogP contribution in [0.4, 0.5) is 0 Å². The Labute approximate surface area is 166 Å². The van der Waals surface area contributed by atoms with Crippen molar-refractivity contribution < 1.29 is 33.7 Å². The lowest BCUT2D eigenvalue weighted by Crippen LogP contribution is -2.65. The molecule has 0 spiro atoms. The first-order chi connectivity index (χ1) is 13.1. The van der Waals surface area contributed by atoms with Crippen LogP contribution in [0.25, 0.3) is 0 Å². The fourth-order valence-electron chi connectivity index (χ4n) is 3.47. The maximum Gasteiger partial charge on any atom is 0.322 e. The molecule has 0 aromatic rings. The minimum atomic E-state index is -0.978. The Balaban J connectivity index is 3.21. The summed E-state index contributed by atoms with van der Waals surface area (Å²) in [5, 5.41) is 13.4. The molecular formula is C18H33N3O7. The summed E-state index contributed by atoms with van der Waals surface area (Å²) < 4.78 is 14.5. The van der Waals surface area contributed by atoms with E-state index in [1.165, 1.54) is 21.3 Å². The van der Waals surface area contributed by atoms with Crippen LogP contribution in [0.3, 0.4) is 0 Å². The summed E-state index contributed by atoms with van der Waals surface area (Å²) in [6.07, 6.45) is 0. The number of rotatable bonds is 8. The molecule has 1 fully saturated rings. The Morgan fingerprint density at radius 2 is 1.29 bits per heavy atom. The van der Waals surface area contributed by atoms with Crippen LogP contribution in [0.1, 0.15) is 20.8 Å². The van der Waals surface area contributed by atoms with Gasteiger partial charge in [0.1, 0.15) is 18.1 Å². The molecule has 2 N–H and O–H groups in total. The second kappa shape index (κ2) is 10.7. The molecular weight excluding hydrogens is 370 g/mol. The normalized spacial score (nSPS) is 24.5. The minimum absolute atomic E-state index is 0.269. The van der Waals surface area contributed by atoms with Crippen LogP contribution >= 0.6 is 0 Å². The Morgan fingerprint density at radius 3 is 1.61 bits per heavy atom. The Hall–Kier alpha value is -1.75. The molecule has 4 atom stereocenters.